The van der Waals surface area contributed by atoms with Gasteiger partial charge in [0.2, 0.25) is 5.88 Å². The number of anilines is 2. The summed E-state index contributed by atoms with van der Waals surface area (Å²) in [4.78, 5) is 32.0. The normalized spacial score (nSPS) is 13.1. The first-order chi connectivity index (χ1) is 11.2. The fourth-order valence-corrected chi connectivity index (χ4v) is 3.06. The van der Waals surface area contributed by atoms with E-state index in [2.05, 4.69) is 20.6 Å². The van der Waals surface area contributed by atoms with Crippen LogP contribution in [0.2, 0.25) is 0 Å². The van der Waals surface area contributed by atoms with Crippen LogP contribution in [0.25, 0.3) is 10.1 Å². The number of aromatic nitrogens is 2. The van der Waals surface area contributed by atoms with Gasteiger partial charge in [-0.15, -0.1) is 11.3 Å². The summed E-state index contributed by atoms with van der Waals surface area (Å²) in [5.74, 6) is 0.166. The van der Waals surface area contributed by atoms with E-state index < -0.39 is 0 Å². The standard InChI is InChI=1S/C15H10N4O3S/c20-12-7-22-15-10(18-12)5-8(6-17-15)14(21)19-13-9-2-4-23-11(9)1-3-16-13/h1-6H,7H2,(H,18,20)(H,16,19,21). The molecule has 0 unspecified atom stereocenters. The van der Waals surface area contributed by atoms with E-state index in [1.54, 1.807) is 17.5 Å². The minimum atomic E-state index is -0.355. The molecule has 2 N–H and O–H groups in total. The van der Waals surface area contributed by atoms with Crippen LogP contribution < -0.4 is 15.4 Å². The van der Waals surface area contributed by atoms with E-state index in [-0.39, 0.29) is 18.4 Å². The van der Waals surface area contributed by atoms with Crippen molar-refractivity contribution in [2.24, 2.45) is 0 Å². The lowest BCUT2D eigenvalue weighted by atomic mass is 10.2. The van der Waals surface area contributed by atoms with E-state index in [1.807, 2.05) is 17.5 Å². The highest BCUT2D eigenvalue weighted by atomic mass is 32.1. The molecule has 0 spiro atoms. The summed E-state index contributed by atoms with van der Waals surface area (Å²) in [5.41, 5.74) is 0.694. The second-order valence-electron chi connectivity index (χ2n) is 4.86. The average Bonchev–Trinajstić information content (AvgIpc) is 3.03. The third-order valence-corrected chi connectivity index (χ3v) is 4.22. The molecule has 23 heavy (non-hydrogen) atoms. The first-order valence-corrected chi connectivity index (χ1v) is 7.65. The molecule has 2 amide bonds. The Hall–Kier alpha value is -3.00. The zero-order valence-electron chi connectivity index (χ0n) is 11.7. The number of nitrogens with one attached hydrogen (secondary N) is 2. The van der Waals surface area contributed by atoms with E-state index in [9.17, 15) is 9.59 Å². The second-order valence-corrected chi connectivity index (χ2v) is 5.81. The number of carbonyl (C=O) groups is 2. The third kappa shape index (κ3) is 2.49. The van der Waals surface area contributed by atoms with E-state index in [4.69, 9.17) is 4.74 Å². The molecule has 4 heterocycles. The minimum absolute atomic E-state index is 0.0738. The lowest BCUT2D eigenvalue weighted by Gasteiger charge is -2.17. The Morgan fingerprint density at radius 1 is 1.35 bits per heavy atom. The molecule has 114 valence electrons. The fraction of sp³-hybridized carbons (Fsp3) is 0.0667. The molecule has 7 nitrogen and oxygen atoms in total. The van der Waals surface area contributed by atoms with Crippen LogP contribution in [0.1, 0.15) is 10.4 Å². The minimum Gasteiger partial charge on any atom is -0.466 e. The largest absolute Gasteiger partial charge is 0.466 e. The SMILES string of the molecule is O=C1COc2ncc(C(=O)Nc3nccc4sccc34)cc2N1. The summed E-state index contributed by atoms with van der Waals surface area (Å²) >= 11 is 1.58. The predicted molar refractivity (Wildman–Crippen MR) is 85.9 cm³/mol. The summed E-state index contributed by atoms with van der Waals surface area (Å²) in [6.45, 7) is -0.0738. The van der Waals surface area contributed by atoms with Crippen molar-refractivity contribution in [2.75, 3.05) is 17.2 Å². The molecular formula is C15H10N4O3S. The van der Waals surface area contributed by atoms with Crippen LogP contribution in [0.3, 0.4) is 0 Å². The molecular weight excluding hydrogens is 316 g/mol. The molecule has 4 rings (SSSR count). The zero-order chi connectivity index (χ0) is 15.8. The van der Waals surface area contributed by atoms with Crippen LogP contribution in [0.5, 0.6) is 5.88 Å². The Kier molecular flexibility index (Phi) is 3.16. The average molecular weight is 326 g/mol. The van der Waals surface area contributed by atoms with Gasteiger partial charge in [-0.3, -0.25) is 9.59 Å². The number of hydrogen-bond acceptors (Lipinski definition) is 6. The third-order valence-electron chi connectivity index (χ3n) is 3.34. The molecule has 3 aromatic rings. The van der Waals surface area contributed by atoms with Gasteiger partial charge in [0.05, 0.1) is 5.56 Å². The van der Waals surface area contributed by atoms with Gasteiger partial charge in [0.15, 0.2) is 6.61 Å². The summed E-state index contributed by atoms with van der Waals surface area (Å²) in [6, 6.07) is 5.33. The van der Waals surface area contributed by atoms with Crippen molar-refractivity contribution in [1.82, 2.24) is 9.97 Å². The van der Waals surface area contributed by atoms with Gasteiger partial charge in [0.25, 0.3) is 11.8 Å². The van der Waals surface area contributed by atoms with Gasteiger partial charge in [-0.25, -0.2) is 9.97 Å². The predicted octanol–water partition coefficient (Wildman–Crippen LogP) is 2.27. The molecule has 3 aromatic heterocycles. The zero-order valence-corrected chi connectivity index (χ0v) is 12.5. The van der Waals surface area contributed by atoms with Gasteiger partial charge in [-0.05, 0) is 23.6 Å². The Morgan fingerprint density at radius 3 is 3.17 bits per heavy atom. The number of pyridine rings is 2. The molecule has 0 atom stereocenters. The number of nitrogens with zero attached hydrogens (tertiary/aromatic N) is 2. The van der Waals surface area contributed by atoms with Crippen LogP contribution in [-0.2, 0) is 4.79 Å². The molecule has 0 fully saturated rings. The summed E-state index contributed by atoms with van der Waals surface area (Å²) in [5, 5.41) is 8.22. The maximum Gasteiger partial charge on any atom is 0.262 e. The molecule has 0 aliphatic carbocycles. The van der Waals surface area contributed by atoms with Gasteiger partial charge in [-0.1, -0.05) is 0 Å². The first-order valence-electron chi connectivity index (χ1n) is 6.77. The van der Waals surface area contributed by atoms with Crippen molar-refractivity contribution in [3.05, 3.63) is 41.5 Å². The number of fused-ring (bicyclic) bond motifs is 2. The lowest BCUT2D eigenvalue weighted by molar-refractivity contribution is -0.118. The topological polar surface area (TPSA) is 93.2 Å². The summed E-state index contributed by atoms with van der Waals surface area (Å²) in [7, 11) is 0. The quantitative estimate of drug-likeness (QED) is 0.753. The van der Waals surface area contributed by atoms with Gasteiger partial charge < -0.3 is 15.4 Å². The van der Waals surface area contributed by atoms with Crippen LogP contribution >= 0.6 is 11.3 Å². The highest BCUT2D eigenvalue weighted by molar-refractivity contribution is 7.17. The fourth-order valence-electron chi connectivity index (χ4n) is 2.28. The number of amides is 2. The van der Waals surface area contributed by atoms with Crippen LogP contribution in [0.15, 0.2) is 36.0 Å². The molecule has 0 saturated heterocycles. The highest BCUT2D eigenvalue weighted by Crippen LogP contribution is 2.28. The Balaban J connectivity index is 1.63. The monoisotopic (exact) mass is 326 g/mol. The second kappa shape index (κ2) is 5.33. The van der Waals surface area contributed by atoms with Crippen molar-refractivity contribution in [1.29, 1.82) is 0 Å². The summed E-state index contributed by atoms with van der Waals surface area (Å²) < 4.78 is 6.21. The van der Waals surface area contributed by atoms with E-state index in [0.717, 1.165) is 10.1 Å². The van der Waals surface area contributed by atoms with E-state index in [0.29, 0.717) is 22.9 Å². The van der Waals surface area contributed by atoms with E-state index in [1.165, 1.54) is 12.3 Å². The number of rotatable bonds is 2. The molecule has 0 bridgehead atoms. The molecule has 1 aliphatic heterocycles. The molecule has 0 saturated carbocycles. The number of ether oxygens (including phenoxy) is 1. The Labute approximate surface area is 134 Å². The highest BCUT2D eigenvalue weighted by Gasteiger charge is 2.19. The number of thiophene rings is 1. The van der Waals surface area contributed by atoms with Gasteiger partial charge >= 0.3 is 0 Å². The smallest absolute Gasteiger partial charge is 0.262 e. The van der Waals surface area contributed by atoms with Crippen molar-refractivity contribution < 1.29 is 14.3 Å². The lowest BCUT2D eigenvalue weighted by Crippen LogP contribution is -2.26. The maximum atomic E-state index is 12.4. The van der Waals surface area contributed by atoms with E-state index >= 15 is 0 Å². The number of hydrogen-bond donors (Lipinski definition) is 2. The maximum absolute atomic E-state index is 12.4. The van der Waals surface area contributed by atoms with Gasteiger partial charge in [0.1, 0.15) is 11.5 Å². The summed E-state index contributed by atoms with van der Waals surface area (Å²) in [6.07, 6.45) is 3.05. The van der Waals surface area contributed by atoms with Crippen LogP contribution in [0.4, 0.5) is 11.5 Å². The molecule has 8 heteroatoms. The van der Waals surface area contributed by atoms with Crippen molar-refractivity contribution >= 4 is 44.7 Å². The number of carbonyl (C=O) groups excluding carboxylic acids is 2. The van der Waals surface area contributed by atoms with Crippen LogP contribution in [0, 0.1) is 0 Å². The Bertz CT molecular complexity index is 937. The van der Waals surface area contributed by atoms with Crippen molar-refractivity contribution in [3.63, 3.8) is 0 Å². The van der Waals surface area contributed by atoms with Gasteiger partial charge in [0, 0.05) is 22.5 Å². The molecule has 0 radical (unpaired) electrons. The first kappa shape index (κ1) is 13.6. The molecule has 1 aliphatic rings. The molecule has 0 aromatic carbocycles. The van der Waals surface area contributed by atoms with Crippen LogP contribution in [-0.4, -0.2) is 28.4 Å². The Morgan fingerprint density at radius 2 is 2.26 bits per heavy atom. The van der Waals surface area contributed by atoms with Crippen molar-refractivity contribution in [2.45, 2.75) is 0 Å². The van der Waals surface area contributed by atoms with Gasteiger partial charge in [-0.2, -0.15) is 0 Å². The van der Waals surface area contributed by atoms with Crippen molar-refractivity contribution in [3.8, 4) is 5.88 Å².